The Morgan fingerprint density at radius 2 is 2.06 bits per heavy atom. The molecule has 2 fully saturated rings. The van der Waals surface area contributed by atoms with Gasteiger partial charge in [0.1, 0.15) is 5.82 Å². The molecule has 1 aliphatic heterocycles. The second-order valence-corrected chi connectivity index (χ2v) is 4.72. The molecule has 1 N–H and O–H groups in total. The average Bonchev–Trinajstić information content (AvgIpc) is 2.99. The van der Waals surface area contributed by atoms with Crippen molar-refractivity contribution < 1.29 is 0 Å². The Labute approximate surface area is 96.1 Å². The van der Waals surface area contributed by atoms with Gasteiger partial charge in [-0.1, -0.05) is 0 Å². The fourth-order valence-corrected chi connectivity index (χ4v) is 2.11. The highest BCUT2D eigenvalue weighted by Crippen LogP contribution is 2.20. The predicted molar refractivity (Wildman–Crippen MR) is 63.3 cm³/mol. The molecule has 0 bridgehead atoms. The van der Waals surface area contributed by atoms with Crippen molar-refractivity contribution in [2.75, 3.05) is 18.0 Å². The molecular weight excluding hydrogens is 200 g/mol. The minimum Gasteiger partial charge on any atom is -0.355 e. The first-order chi connectivity index (χ1) is 7.92. The van der Waals surface area contributed by atoms with E-state index < -0.39 is 0 Å². The molecule has 0 atom stereocenters. The van der Waals surface area contributed by atoms with Gasteiger partial charge >= 0.3 is 0 Å². The Hall–Kier alpha value is -1.16. The first-order valence-electron chi connectivity index (χ1n) is 6.21. The Morgan fingerprint density at radius 1 is 1.25 bits per heavy atom. The first kappa shape index (κ1) is 10.0. The quantitative estimate of drug-likeness (QED) is 0.827. The number of anilines is 1. The number of aromatic nitrogens is 2. The molecule has 0 unspecified atom stereocenters. The van der Waals surface area contributed by atoms with Gasteiger partial charge in [-0.15, -0.1) is 0 Å². The maximum atomic E-state index is 4.66. The summed E-state index contributed by atoms with van der Waals surface area (Å²) in [5.74, 6) is 1.05. The van der Waals surface area contributed by atoms with Crippen molar-refractivity contribution in [1.29, 1.82) is 0 Å². The number of rotatable bonds is 4. The third-order valence-corrected chi connectivity index (χ3v) is 3.25. The van der Waals surface area contributed by atoms with Crippen LogP contribution in [0.3, 0.4) is 0 Å². The summed E-state index contributed by atoms with van der Waals surface area (Å²) >= 11 is 0. The van der Waals surface area contributed by atoms with Crippen LogP contribution in [0.25, 0.3) is 0 Å². The van der Waals surface area contributed by atoms with Crippen molar-refractivity contribution in [3.05, 3.63) is 18.1 Å². The molecule has 1 aromatic rings. The summed E-state index contributed by atoms with van der Waals surface area (Å²) in [6, 6.07) is 0.734. The highest BCUT2D eigenvalue weighted by molar-refractivity contribution is 5.37. The Balaban J connectivity index is 1.65. The second kappa shape index (κ2) is 4.37. The lowest BCUT2D eigenvalue weighted by Crippen LogP contribution is -2.21. The van der Waals surface area contributed by atoms with Crippen molar-refractivity contribution in [2.45, 2.75) is 38.3 Å². The van der Waals surface area contributed by atoms with Crippen LogP contribution >= 0.6 is 0 Å². The summed E-state index contributed by atoms with van der Waals surface area (Å²) in [5.41, 5.74) is 1.07. The predicted octanol–water partition coefficient (Wildman–Crippen LogP) is 1.33. The molecule has 1 aromatic heterocycles. The lowest BCUT2D eigenvalue weighted by atomic mass is 10.4. The molecule has 0 amide bonds. The smallest absolute Gasteiger partial charge is 0.147 e. The van der Waals surface area contributed by atoms with Crippen LogP contribution in [-0.4, -0.2) is 29.1 Å². The van der Waals surface area contributed by atoms with E-state index in [4.69, 9.17) is 0 Å². The van der Waals surface area contributed by atoms with Crippen LogP contribution in [0.5, 0.6) is 0 Å². The van der Waals surface area contributed by atoms with E-state index in [9.17, 15) is 0 Å². The molecular formula is C12H18N4. The van der Waals surface area contributed by atoms with Crippen LogP contribution < -0.4 is 10.2 Å². The first-order valence-corrected chi connectivity index (χ1v) is 6.21. The number of nitrogens with one attached hydrogen (secondary N) is 1. The van der Waals surface area contributed by atoms with Gasteiger partial charge < -0.3 is 10.2 Å². The van der Waals surface area contributed by atoms with Gasteiger partial charge in [0.2, 0.25) is 0 Å². The van der Waals surface area contributed by atoms with Crippen LogP contribution in [0.2, 0.25) is 0 Å². The SMILES string of the molecule is c1ncc(N2CCCC2)nc1CNC1CC1. The van der Waals surface area contributed by atoms with Crippen LogP contribution in [0, 0.1) is 0 Å². The molecule has 0 aromatic carbocycles. The molecule has 4 nitrogen and oxygen atoms in total. The van der Waals surface area contributed by atoms with Gasteiger partial charge in [0.05, 0.1) is 11.9 Å². The molecule has 1 aliphatic carbocycles. The molecule has 4 heteroatoms. The molecule has 16 heavy (non-hydrogen) atoms. The second-order valence-electron chi connectivity index (χ2n) is 4.72. The Kier molecular flexibility index (Phi) is 2.74. The van der Waals surface area contributed by atoms with Crippen molar-refractivity contribution in [3.8, 4) is 0 Å². The zero-order chi connectivity index (χ0) is 10.8. The lowest BCUT2D eigenvalue weighted by Gasteiger charge is -2.16. The zero-order valence-corrected chi connectivity index (χ0v) is 9.52. The van der Waals surface area contributed by atoms with Gasteiger partial charge in [-0.05, 0) is 25.7 Å². The topological polar surface area (TPSA) is 41.1 Å². The van der Waals surface area contributed by atoms with Crippen molar-refractivity contribution >= 4 is 5.82 Å². The van der Waals surface area contributed by atoms with E-state index >= 15 is 0 Å². The fraction of sp³-hybridized carbons (Fsp3) is 0.667. The van der Waals surface area contributed by atoms with Gasteiger partial charge in [-0.3, -0.25) is 4.98 Å². The number of nitrogens with zero attached hydrogens (tertiary/aromatic N) is 3. The molecule has 3 rings (SSSR count). The molecule has 2 aliphatic rings. The fourth-order valence-electron chi connectivity index (χ4n) is 2.11. The van der Waals surface area contributed by atoms with E-state index in [1.54, 1.807) is 0 Å². The minimum absolute atomic E-state index is 0.734. The summed E-state index contributed by atoms with van der Waals surface area (Å²) in [6.45, 7) is 3.13. The summed E-state index contributed by atoms with van der Waals surface area (Å²) in [6.07, 6.45) is 8.96. The monoisotopic (exact) mass is 218 g/mol. The van der Waals surface area contributed by atoms with Crippen LogP contribution in [0.1, 0.15) is 31.4 Å². The third-order valence-electron chi connectivity index (χ3n) is 3.25. The number of hydrogen-bond acceptors (Lipinski definition) is 4. The van der Waals surface area contributed by atoms with Gasteiger partial charge in [-0.2, -0.15) is 0 Å². The molecule has 0 radical (unpaired) electrons. The molecule has 1 saturated heterocycles. The molecule has 86 valence electrons. The number of hydrogen-bond donors (Lipinski definition) is 1. The average molecular weight is 218 g/mol. The Bertz CT molecular complexity index is 356. The normalized spacial score (nSPS) is 20.4. The molecule has 0 spiro atoms. The minimum atomic E-state index is 0.734. The van der Waals surface area contributed by atoms with E-state index in [0.29, 0.717) is 0 Å². The maximum absolute atomic E-state index is 4.66. The van der Waals surface area contributed by atoms with E-state index in [1.807, 2.05) is 12.4 Å². The van der Waals surface area contributed by atoms with Gasteiger partial charge in [0, 0.05) is 31.9 Å². The van der Waals surface area contributed by atoms with Crippen LogP contribution in [0.15, 0.2) is 12.4 Å². The van der Waals surface area contributed by atoms with Crippen molar-refractivity contribution in [1.82, 2.24) is 15.3 Å². The van der Waals surface area contributed by atoms with E-state index in [1.165, 1.54) is 25.7 Å². The van der Waals surface area contributed by atoms with Crippen molar-refractivity contribution in [3.63, 3.8) is 0 Å². The highest BCUT2D eigenvalue weighted by Gasteiger charge is 2.20. The van der Waals surface area contributed by atoms with E-state index in [0.717, 1.165) is 37.2 Å². The highest BCUT2D eigenvalue weighted by atomic mass is 15.2. The van der Waals surface area contributed by atoms with Gasteiger partial charge in [0.25, 0.3) is 0 Å². The van der Waals surface area contributed by atoms with Gasteiger partial charge in [0.15, 0.2) is 0 Å². The van der Waals surface area contributed by atoms with E-state index in [-0.39, 0.29) is 0 Å². The van der Waals surface area contributed by atoms with Crippen molar-refractivity contribution in [2.24, 2.45) is 0 Å². The standard InChI is InChI=1S/C12H18N4/c1-2-6-16(5-1)12-9-13-7-11(15-12)8-14-10-3-4-10/h7,9-10,14H,1-6,8H2. The summed E-state index contributed by atoms with van der Waals surface area (Å²) in [7, 11) is 0. The maximum Gasteiger partial charge on any atom is 0.147 e. The van der Waals surface area contributed by atoms with Gasteiger partial charge in [-0.25, -0.2) is 4.98 Å². The largest absolute Gasteiger partial charge is 0.355 e. The third kappa shape index (κ3) is 2.32. The molecule has 2 heterocycles. The van der Waals surface area contributed by atoms with Crippen LogP contribution in [0.4, 0.5) is 5.82 Å². The summed E-state index contributed by atoms with van der Waals surface area (Å²) in [4.78, 5) is 11.3. The van der Waals surface area contributed by atoms with Crippen LogP contribution in [-0.2, 0) is 6.54 Å². The molecule has 1 saturated carbocycles. The lowest BCUT2D eigenvalue weighted by molar-refractivity contribution is 0.670. The summed E-state index contributed by atoms with van der Waals surface area (Å²) < 4.78 is 0. The zero-order valence-electron chi connectivity index (χ0n) is 9.52. The summed E-state index contributed by atoms with van der Waals surface area (Å²) in [5, 5.41) is 3.47. The van der Waals surface area contributed by atoms with E-state index in [2.05, 4.69) is 20.2 Å². The Morgan fingerprint density at radius 3 is 2.81 bits per heavy atom.